The van der Waals surface area contributed by atoms with Crippen molar-refractivity contribution in [3.05, 3.63) is 101 Å². The Morgan fingerprint density at radius 3 is 2.41 bits per heavy atom. The highest BCUT2D eigenvalue weighted by Gasteiger charge is 2.30. The Morgan fingerprint density at radius 1 is 1.05 bits per heavy atom. The zero-order valence-electron chi connectivity index (χ0n) is 20.1. The van der Waals surface area contributed by atoms with Gasteiger partial charge in [-0.05, 0) is 76.4 Å². The zero-order valence-corrected chi connectivity index (χ0v) is 20.9. The van der Waals surface area contributed by atoms with Gasteiger partial charge in [-0.2, -0.15) is 9.49 Å². The molecular weight excluding hydrogens is 491 g/mol. The molecule has 188 valence electrons. The predicted molar refractivity (Wildman–Crippen MR) is 142 cm³/mol. The fourth-order valence-corrected chi connectivity index (χ4v) is 5.71. The highest BCUT2D eigenvalue weighted by molar-refractivity contribution is 7.90. The van der Waals surface area contributed by atoms with Crippen LogP contribution < -0.4 is 0 Å². The monoisotopic (exact) mass is 516 g/mol. The van der Waals surface area contributed by atoms with E-state index in [9.17, 15) is 17.6 Å². The molecule has 6 nitrogen and oxygen atoms in total. The van der Waals surface area contributed by atoms with E-state index >= 15 is 0 Å². The molecular formula is C29H25FN2O4S. The van der Waals surface area contributed by atoms with E-state index in [0.29, 0.717) is 22.0 Å². The average Bonchev–Trinajstić information content (AvgIpc) is 3.21. The predicted octanol–water partition coefficient (Wildman–Crippen LogP) is 5.96. The molecule has 0 atom stereocenters. The van der Waals surface area contributed by atoms with Gasteiger partial charge in [0.15, 0.2) is 9.84 Å². The molecule has 1 aliphatic carbocycles. The first-order valence-electron chi connectivity index (χ1n) is 11.9. The van der Waals surface area contributed by atoms with Crippen LogP contribution in [0.4, 0.5) is 4.39 Å². The van der Waals surface area contributed by atoms with Crippen LogP contribution in [0.15, 0.2) is 77.7 Å². The van der Waals surface area contributed by atoms with Gasteiger partial charge in [-0.1, -0.05) is 55.0 Å². The standard InChI is InChI=1S/C29H25FN2O4S/c1-37(35,36)25-8-3-2-7-22(25)28(19-5-4-6-19)27(20-12-9-18(10-13-20)11-16-26(33)34)21-14-15-24-23(17-21)29(30)32-31-24/h2-3,7-17,19H,4-6H2,1H3,(H,31,32)(H,33,34). The van der Waals surface area contributed by atoms with E-state index in [2.05, 4.69) is 10.2 Å². The highest BCUT2D eigenvalue weighted by Crippen LogP contribution is 2.46. The maximum atomic E-state index is 14.5. The molecule has 5 rings (SSSR count). The number of benzene rings is 3. The molecule has 8 heteroatoms. The molecule has 1 aliphatic rings. The van der Waals surface area contributed by atoms with E-state index in [1.54, 1.807) is 24.3 Å². The fourth-order valence-electron chi connectivity index (χ4n) is 4.81. The Balaban J connectivity index is 1.81. The molecule has 1 heterocycles. The van der Waals surface area contributed by atoms with Gasteiger partial charge in [-0.25, -0.2) is 13.2 Å². The van der Waals surface area contributed by atoms with E-state index in [-0.39, 0.29) is 10.8 Å². The third-order valence-electron chi connectivity index (χ3n) is 6.77. The second kappa shape index (κ2) is 9.78. The van der Waals surface area contributed by atoms with Crippen molar-refractivity contribution in [2.24, 2.45) is 5.92 Å². The number of carboxylic acid groups (broad SMARTS) is 1. The number of halogens is 1. The molecule has 3 aromatic carbocycles. The van der Waals surface area contributed by atoms with Gasteiger partial charge in [0.05, 0.1) is 15.8 Å². The second-order valence-corrected chi connectivity index (χ2v) is 11.2. The minimum absolute atomic E-state index is 0.134. The Morgan fingerprint density at radius 2 is 1.76 bits per heavy atom. The van der Waals surface area contributed by atoms with Gasteiger partial charge in [0.1, 0.15) is 0 Å². The van der Waals surface area contributed by atoms with Crippen LogP contribution in [0.3, 0.4) is 0 Å². The Labute approximate surface area is 214 Å². The number of hydrogen-bond acceptors (Lipinski definition) is 4. The largest absolute Gasteiger partial charge is 0.478 e. The van der Waals surface area contributed by atoms with Crippen LogP contribution in [0.5, 0.6) is 0 Å². The van der Waals surface area contributed by atoms with E-state index in [4.69, 9.17) is 5.11 Å². The lowest BCUT2D eigenvalue weighted by Crippen LogP contribution is -2.17. The van der Waals surface area contributed by atoms with Crippen LogP contribution in [0.2, 0.25) is 0 Å². The summed E-state index contributed by atoms with van der Waals surface area (Å²) < 4.78 is 40.1. The van der Waals surface area contributed by atoms with Crippen molar-refractivity contribution in [2.45, 2.75) is 24.2 Å². The highest BCUT2D eigenvalue weighted by atomic mass is 32.2. The molecule has 37 heavy (non-hydrogen) atoms. The molecule has 1 saturated carbocycles. The van der Waals surface area contributed by atoms with Crippen molar-refractivity contribution in [2.75, 3.05) is 6.26 Å². The minimum Gasteiger partial charge on any atom is -0.478 e. The number of nitrogens with zero attached hydrogens (tertiary/aromatic N) is 1. The topological polar surface area (TPSA) is 100 Å². The number of nitrogens with one attached hydrogen (secondary N) is 1. The molecule has 0 bridgehead atoms. The van der Waals surface area contributed by atoms with Crippen molar-refractivity contribution < 1.29 is 22.7 Å². The SMILES string of the molecule is CS(=O)(=O)c1ccccc1C(=C(c1ccc(C=CC(=O)O)cc1)c1ccc2n[nH]c(F)c2c1)C1CCC1. The van der Waals surface area contributed by atoms with Gasteiger partial charge in [-0.3, -0.25) is 5.10 Å². The molecule has 1 aromatic heterocycles. The molecule has 4 aromatic rings. The number of aromatic nitrogens is 2. The third-order valence-corrected chi connectivity index (χ3v) is 7.93. The average molecular weight is 517 g/mol. The number of carbonyl (C=O) groups is 1. The normalized spacial score (nSPS) is 15.1. The Bertz CT molecular complexity index is 1660. The van der Waals surface area contributed by atoms with Gasteiger partial charge in [0.25, 0.3) is 0 Å². The third kappa shape index (κ3) is 4.97. The Hall–Kier alpha value is -4.04. The van der Waals surface area contributed by atoms with Crippen LogP contribution in [0, 0.1) is 11.9 Å². The quantitative estimate of drug-likeness (QED) is 0.233. The summed E-state index contributed by atoms with van der Waals surface area (Å²) in [4.78, 5) is 11.2. The number of sulfone groups is 1. The number of carboxylic acids is 1. The maximum absolute atomic E-state index is 14.5. The maximum Gasteiger partial charge on any atom is 0.328 e. The summed E-state index contributed by atoms with van der Waals surface area (Å²) in [5.41, 5.74) is 5.14. The van der Waals surface area contributed by atoms with Crippen LogP contribution >= 0.6 is 0 Å². The lowest BCUT2D eigenvalue weighted by molar-refractivity contribution is -0.131. The number of fused-ring (bicyclic) bond motifs is 1. The summed E-state index contributed by atoms with van der Waals surface area (Å²) in [6.45, 7) is 0. The molecule has 0 unspecified atom stereocenters. The van der Waals surface area contributed by atoms with Crippen molar-refractivity contribution in [3.8, 4) is 0 Å². The van der Waals surface area contributed by atoms with E-state index < -0.39 is 21.8 Å². The van der Waals surface area contributed by atoms with Crippen LogP contribution in [0.25, 0.3) is 28.1 Å². The first-order chi connectivity index (χ1) is 17.7. The molecule has 0 aliphatic heterocycles. The summed E-state index contributed by atoms with van der Waals surface area (Å²) in [6, 6.07) is 19.8. The molecule has 0 spiro atoms. The minimum atomic E-state index is -3.52. The lowest BCUT2D eigenvalue weighted by Gasteiger charge is -2.32. The fraction of sp³-hybridized carbons (Fsp3) is 0.172. The van der Waals surface area contributed by atoms with Gasteiger partial charge in [0.2, 0.25) is 5.95 Å². The summed E-state index contributed by atoms with van der Waals surface area (Å²) in [5.74, 6) is -1.44. The van der Waals surface area contributed by atoms with Crippen LogP contribution in [-0.4, -0.2) is 35.9 Å². The molecule has 1 fully saturated rings. The first-order valence-corrected chi connectivity index (χ1v) is 13.8. The van der Waals surface area contributed by atoms with Crippen LogP contribution in [-0.2, 0) is 14.6 Å². The van der Waals surface area contributed by atoms with Gasteiger partial charge < -0.3 is 5.11 Å². The molecule has 2 N–H and O–H groups in total. The van der Waals surface area contributed by atoms with Crippen molar-refractivity contribution in [3.63, 3.8) is 0 Å². The van der Waals surface area contributed by atoms with Crippen LogP contribution in [0.1, 0.15) is 41.5 Å². The van der Waals surface area contributed by atoms with Gasteiger partial charge in [0, 0.05) is 12.3 Å². The summed E-state index contributed by atoms with van der Waals surface area (Å²) in [7, 11) is -3.52. The smallest absolute Gasteiger partial charge is 0.328 e. The molecule has 0 amide bonds. The number of aliphatic carboxylic acids is 1. The van der Waals surface area contributed by atoms with Gasteiger partial charge in [-0.15, -0.1) is 0 Å². The number of rotatable bonds is 7. The number of allylic oxidation sites excluding steroid dienone is 1. The second-order valence-electron chi connectivity index (χ2n) is 9.25. The number of aromatic amines is 1. The van der Waals surface area contributed by atoms with E-state index in [0.717, 1.165) is 47.6 Å². The van der Waals surface area contributed by atoms with E-state index in [1.807, 2.05) is 42.5 Å². The van der Waals surface area contributed by atoms with E-state index in [1.165, 1.54) is 12.3 Å². The lowest BCUT2D eigenvalue weighted by atomic mass is 9.73. The Kier molecular flexibility index (Phi) is 6.52. The van der Waals surface area contributed by atoms with Crippen molar-refractivity contribution in [1.82, 2.24) is 10.2 Å². The number of H-pyrrole nitrogens is 1. The van der Waals surface area contributed by atoms with Crippen molar-refractivity contribution in [1.29, 1.82) is 0 Å². The number of hydrogen-bond donors (Lipinski definition) is 2. The molecule has 0 saturated heterocycles. The summed E-state index contributed by atoms with van der Waals surface area (Å²) >= 11 is 0. The zero-order chi connectivity index (χ0) is 26.2. The van der Waals surface area contributed by atoms with Crippen molar-refractivity contribution >= 4 is 43.9 Å². The summed E-state index contributed by atoms with van der Waals surface area (Å²) in [5, 5.41) is 15.7. The first kappa shape index (κ1) is 24.6. The summed E-state index contributed by atoms with van der Waals surface area (Å²) in [6.07, 6.45) is 6.66. The molecule has 0 radical (unpaired) electrons. The van der Waals surface area contributed by atoms with Gasteiger partial charge >= 0.3 is 5.97 Å².